The zero-order chi connectivity index (χ0) is 20.1. The maximum Gasteiger partial charge on any atom is 0.287 e. The van der Waals surface area contributed by atoms with E-state index in [1.54, 1.807) is 18.0 Å². The molecule has 1 heterocycles. The fourth-order valence-electron chi connectivity index (χ4n) is 3.17. The number of carbonyl (C=O) groups excluding carboxylic acids is 1. The molecule has 0 amide bonds. The van der Waals surface area contributed by atoms with E-state index in [0.29, 0.717) is 5.56 Å². The molecule has 0 radical (unpaired) electrons. The SMILES string of the molecule is COc1cccc(-c2cc[n+](CC(=O)c3ccc(-c4ccccc4)cc3)cn2)c1. The summed E-state index contributed by atoms with van der Waals surface area (Å²) in [4.78, 5) is 17.1. The van der Waals surface area contributed by atoms with Gasteiger partial charge in [-0.3, -0.25) is 4.79 Å². The topological polar surface area (TPSA) is 43.1 Å². The van der Waals surface area contributed by atoms with Gasteiger partial charge in [0.1, 0.15) is 5.75 Å². The monoisotopic (exact) mass is 381 g/mol. The molecule has 0 spiro atoms. The van der Waals surface area contributed by atoms with Gasteiger partial charge in [-0.15, -0.1) is 0 Å². The highest BCUT2D eigenvalue weighted by atomic mass is 16.5. The Balaban J connectivity index is 1.45. The molecule has 3 aromatic carbocycles. The number of ether oxygens (including phenoxy) is 1. The molecule has 4 heteroatoms. The van der Waals surface area contributed by atoms with Gasteiger partial charge in [0.25, 0.3) is 6.33 Å². The van der Waals surface area contributed by atoms with Gasteiger partial charge in [0.15, 0.2) is 12.2 Å². The molecule has 0 aliphatic heterocycles. The average molecular weight is 381 g/mol. The van der Waals surface area contributed by atoms with Crippen LogP contribution in [0.5, 0.6) is 5.75 Å². The molecule has 142 valence electrons. The molecule has 0 atom stereocenters. The van der Waals surface area contributed by atoms with Crippen molar-refractivity contribution in [3.05, 3.63) is 103 Å². The number of hydrogen-bond donors (Lipinski definition) is 0. The van der Waals surface area contributed by atoms with Crippen molar-refractivity contribution in [2.45, 2.75) is 6.54 Å². The van der Waals surface area contributed by atoms with Crippen LogP contribution in [0.2, 0.25) is 0 Å². The molecule has 0 saturated heterocycles. The minimum absolute atomic E-state index is 0.0468. The molecular weight excluding hydrogens is 360 g/mol. The van der Waals surface area contributed by atoms with Gasteiger partial charge in [-0.05, 0) is 28.2 Å². The first-order valence-electron chi connectivity index (χ1n) is 9.41. The second kappa shape index (κ2) is 8.48. The van der Waals surface area contributed by atoms with E-state index in [0.717, 1.165) is 28.1 Å². The smallest absolute Gasteiger partial charge is 0.287 e. The van der Waals surface area contributed by atoms with Crippen LogP contribution in [-0.4, -0.2) is 17.9 Å². The first kappa shape index (κ1) is 18.6. The minimum atomic E-state index is 0.0468. The molecule has 0 bridgehead atoms. The van der Waals surface area contributed by atoms with Gasteiger partial charge < -0.3 is 4.74 Å². The Labute approximate surface area is 170 Å². The number of carbonyl (C=O) groups is 1. The predicted octanol–water partition coefficient (Wildman–Crippen LogP) is 4.59. The van der Waals surface area contributed by atoms with E-state index in [2.05, 4.69) is 17.1 Å². The number of hydrogen-bond acceptors (Lipinski definition) is 3. The number of Topliss-reactive ketones (excluding diaryl/α,β-unsaturated/α-hetero) is 1. The van der Waals surface area contributed by atoms with Crippen molar-refractivity contribution in [2.24, 2.45) is 0 Å². The summed E-state index contributed by atoms with van der Waals surface area (Å²) in [5.74, 6) is 0.834. The van der Waals surface area contributed by atoms with Crippen LogP contribution in [0, 0.1) is 0 Å². The van der Waals surface area contributed by atoms with Crippen LogP contribution >= 0.6 is 0 Å². The summed E-state index contributed by atoms with van der Waals surface area (Å²) in [6.07, 6.45) is 3.56. The number of nitrogens with zero attached hydrogens (tertiary/aromatic N) is 2. The normalized spacial score (nSPS) is 10.5. The third-order valence-corrected chi connectivity index (χ3v) is 4.77. The second-order valence-electron chi connectivity index (χ2n) is 6.72. The van der Waals surface area contributed by atoms with E-state index in [9.17, 15) is 4.79 Å². The molecule has 1 aromatic heterocycles. The zero-order valence-corrected chi connectivity index (χ0v) is 16.2. The van der Waals surface area contributed by atoms with Crippen molar-refractivity contribution in [1.82, 2.24) is 4.98 Å². The molecule has 4 rings (SSSR count). The van der Waals surface area contributed by atoms with Crippen molar-refractivity contribution >= 4 is 5.78 Å². The third kappa shape index (κ3) is 4.38. The highest BCUT2D eigenvalue weighted by molar-refractivity contribution is 5.95. The van der Waals surface area contributed by atoms with E-state index in [1.807, 2.05) is 79.0 Å². The van der Waals surface area contributed by atoms with E-state index < -0.39 is 0 Å². The minimum Gasteiger partial charge on any atom is -0.497 e. The van der Waals surface area contributed by atoms with Gasteiger partial charge in [0, 0.05) is 17.2 Å². The quantitative estimate of drug-likeness (QED) is 0.362. The zero-order valence-electron chi connectivity index (χ0n) is 16.2. The molecule has 29 heavy (non-hydrogen) atoms. The number of methoxy groups -OCH3 is 1. The Morgan fingerprint density at radius 3 is 2.28 bits per heavy atom. The lowest BCUT2D eigenvalue weighted by Crippen LogP contribution is -2.37. The molecule has 0 N–H and O–H groups in total. The van der Waals surface area contributed by atoms with Crippen molar-refractivity contribution in [1.29, 1.82) is 0 Å². The van der Waals surface area contributed by atoms with E-state index in [-0.39, 0.29) is 12.3 Å². The molecule has 0 fully saturated rings. The first-order valence-corrected chi connectivity index (χ1v) is 9.41. The third-order valence-electron chi connectivity index (χ3n) is 4.77. The Bertz CT molecular complexity index is 1110. The molecular formula is C25H21N2O2+. The van der Waals surface area contributed by atoms with Gasteiger partial charge in [-0.25, -0.2) is 4.57 Å². The van der Waals surface area contributed by atoms with Crippen molar-refractivity contribution in [3.8, 4) is 28.1 Å². The average Bonchev–Trinajstić information content (AvgIpc) is 2.80. The maximum atomic E-state index is 12.6. The van der Waals surface area contributed by atoms with Gasteiger partial charge in [0.05, 0.1) is 13.3 Å². The molecule has 4 aromatic rings. The Kier molecular flexibility index (Phi) is 5.43. The summed E-state index contributed by atoms with van der Waals surface area (Å²) in [6.45, 7) is 0.246. The highest BCUT2D eigenvalue weighted by Crippen LogP contribution is 2.21. The number of benzene rings is 3. The van der Waals surface area contributed by atoms with Crippen LogP contribution < -0.4 is 9.30 Å². The fourth-order valence-corrected chi connectivity index (χ4v) is 3.17. The molecule has 4 nitrogen and oxygen atoms in total. The largest absolute Gasteiger partial charge is 0.497 e. The van der Waals surface area contributed by atoms with E-state index in [4.69, 9.17) is 4.74 Å². The predicted molar refractivity (Wildman–Crippen MR) is 113 cm³/mol. The fraction of sp³-hybridized carbons (Fsp3) is 0.0800. The molecule has 0 aliphatic carbocycles. The highest BCUT2D eigenvalue weighted by Gasteiger charge is 2.12. The van der Waals surface area contributed by atoms with Crippen molar-refractivity contribution in [2.75, 3.05) is 7.11 Å². The summed E-state index contributed by atoms with van der Waals surface area (Å²) >= 11 is 0. The number of ketones is 1. The summed E-state index contributed by atoms with van der Waals surface area (Å²) in [5.41, 5.74) is 4.73. The lowest BCUT2D eigenvalue weighted by Gasteiger charge is -2.04. The number of rotatable bonds is 6. The summed E-state index contributed by atoms with van der Waals surface area (Å²) in [5, 5.41) is 0. The molecule has 0 aliphatic rings. The van der Waals surface area contributed by atoms with Gasteiger partial charge in [-0.1, -0.05) is 66.7 Å². The van der Waals surface area contributed by atoms with Gasteiger partial charge in [-0.2, -0.15) is 0 Å². The standard InChI is InChI=1S/C25H21N2O2/c1-29-23-9-5-8-22(16-23)24-14-15-27(18-26-24)17-25(28)21-12-10-20(11-13-21)19-6-3-2-4-7-19/h2-16,18H,17H2,1H3/q+1. The van der Waals surface area contributed by atoms with E-state index in [1.165, 1.54) is 0 Å². The van der Waals surface area contributed by atoms with Crippen molar-refractivity contribution < 1.29 is 14.1 Å². The van der Waals surface area contributed by atoms with E-state index >= 15 is 0 Å². The van der Waals surface area contributed by atoms with Gasteiger partial charge in [0.2, 0.25) is 5.78 Å². The maximum absolute atomic E-state index is 12.6. The van der Waals surface area contributed by atoms with Crippen LogP contribution in [-0.2, 0) is 6.54 Å². The molecule has 0 unspecified atom stereocenters. The van der Waals surface area contributed by atoms with Crippen LogP contribution in [0.4, 0.5) is 0 Å². The Hall–Kier alpha value is -3.79. The first-order chi connectivity index (χ1) is 14.2. The lowest BCUT2D eigenvalue weighted by molar-refractivity contribution is -0.686. The number of aromatic nitrogens is 2. The Morgan fingerprint density at radius 1 is 0.862 bits per heavy atom. The summed E-state index contributed by atoms with van der Waals surface area (Å²) in [6, 6.07) is 27.5. The van der Waals surface area contributed by atoms with Gasteiger partial charge >= 0.3 is 0 Å². The summed E-state index contributed by atoms with van der Waals surface area (Å²) in [7, 11) is 1.64. The van der Waals surface area contributed by atoms with Crippen LogP contribution in [0.3, 0.4) is 0 Å². The van der Waals surface area contributed by atoms with Crippen molar-refractivity contribution in [3.63, 3.8) is 0 Å². The Morgan fingerprint density at radius 2 is 1.59 bits per heavy atom. The van der Waals surface area contributed by atoms with Crippen LogP contribution in [0.15, 0.2) is 97.5 Å². The lowest BCUT2D eigenvalue weighted by atomic mass is 10.0. The second-order valence-corrected chi connectivity index (χ2v) is 6.72. The summed E-state index contributed by atoms with van der Waals surface area (Å²) < 4.78 is 7.05. The van der Waals surface area contributed by atoms with Crippen LogP contribution in [0.1, 0.15) is 10.4 Å². The van der Waals surface area contributed by atoms with Crippen LogP contribution in [0.25, 0.3) is 22.4 Å². The molecule has 0 saturated carbocycles.